The van der Waals surface area contributed by atoms with Gasteiger partial charge in [-0.15, -0.1) is 0 Å². The molecule has 17 heavy (non-hydrogen) atoms. The first-order chi connectivity index (χ1) is 8.09. The molecule has 0 saturated heterocycles. The highest BCUT2D eigenvalue weighted by atomic mass is 31.2. The Morgan fingerprint density at radius 3 is 2.24 bits per heavy atom. The molecule has 4 nitrogen and oxygen atoms in total. The van der Waals surface area contributed by atoms with Crippen LogP contribution >= 0.6 is 7.60 Å². The zero-order valence-corrected chi connectivity index (χ0v) is 9.88. The Bertz CT molecular complexity index is 557. The van der Waals surface area contributed by atoms with Crippen LogP contribution in [-0.2, 0) is 4.57 Å². The van der Waals surface area contributed by atoms with E-state index in [9.17, 15) is 9.46 Å². The van der Waals surface area contributed by atoms with Gasteiger partial charge in [0.05, 0.1) is 11.0 Å². The standard InChI is InChI=1S/C12H12NO3P/c13-11-8-4-5-9-12(11)16-17(14,15)10-6-2-1-3-7-10/h1-9H,13H2,(H,14,15). The van der Waals surface area contributed by atoms with Gasteiger partial charge in [-0.1, -0.05) is 30.3 Å². The average Bonchev–Trinajstić information content (AvgIpc) is 2.33. The van der Waals surface area contributed by atoms with E-state index in [1.54, 1.807) is 54.6 Å². The average molecular weight is 249 g/mol. The SMILES string of the molecule is Nc1ccccc1OP(=O)(O)c1ccccc1. The van der Waals surface area contributed by atoms with Crippen LogP contribution in [0.4, 0.5) is 5.69 Å². The summed E-state index contributed by atoms with van der Waals surface area (Å²) < 4.78 is 17.1. The Morgan fingerprint density at radius 2 is 1.59 bits per heavy atom. The third-order valence-corrected chi connectivity index (χ3v) is 3.62. The summed E-state index contributed by atoms with van der Waals surface area (Å²) in [6.07, 6.45) is 0. The fourth-order valence-corrected chi connectivity index (χ4v) is 2.45. The molecule has 0 bridgehead atoms. The molecule has 1 unspecified atom stereocenters. The molecular weight excluding hydrogens is 237 g/mol. The fraction of sp³-hybridized carbons (Fsp3) is 0. The first-order valence-corrected chi connectivity index (χ1v) is 6.60. The van der Waals surface area contributed by atoms with Crippen LogP contribution in [0.5, 0.6) is 5.75 Å². The maximum absolute atomic E-state index is 12.0. The van der Waals surface area contributed by atoms with Crippen LogP contribution in [0.1, 0.15) is 0 Å². The number of benzene rings is 2. The number of nitrogen functional groups attached to an aromatic ring is 1. The summed E-state index contributed by atoms with van der Waals surface area (Å²) in [6, 6.07) is 14.8. The lowest BCUT2D eigenvalue weighted by Gasteiger charge is -2.14. The minimum atomic E-state index is -3.87. The van der Waals surface area contributed by atoms with Crippen LogP contribution in [0.3, 0.4) is 0 Å². The van der Waals surface area contributed by atoms with Crippen molar-refractivity contribution in [3.8, 4) is 5.75 Å². The zero-order chi connectivity index (χ0) is 12.3. The van der Waals surface area contributed by atoms with Gasteiger partial charge in [-0.3, -0.25) is 0 Å². The first-order valence-electron chi connectivity index (χ1n) is 5.02. The van der Waals surface area contributed by atoms with Crippen molar-refractivity contribution in [1.82, 2.24) is 0 Å². The van der Waals surface area contributed by atoms with Gasteiger partial charge in [0, 0.05) is 0 Å². The molecule has 2 aromatic rings. The summed E-state index contributed by atoms with van der Waals surface area (Å²) in [7, 11) is -3.87. The fourth-order valence-electron chi connectivity index (χ4n) is 1.37. The molecule has 0 spiro atoms. The molecule has 5 heteroatoms. The predicted molar refractivity (Wildman–Crippen MR) is 67.4 cm³/mol. The third kappa shape index (κ3) is 2.67. The number of hydrogen-bond acceptors (Lipinski definition) is 3. The van der Waals surface area contributed by atoms with Gasteiger partial charge in [-0.25, -0.2) is 4.57 Å². The number of anilines is 1. The van der Waals surface area contributed by atoms with Crippen LogP contribution in [0.2, 0.25) is 0 Å². The molecule has 0 aliphatic heterocycles. The molecule has 0 radical (unpaired) electrons. The molecule has 2 rings (SSSR count). The van der Waals surface area contributed by atoms with Gasteiger partial charge in [0.1, 0.15) is 0 Å². The molecule has 2 aromatic carbocycles. The number of rotatable bonds is 3. The highest BCUT2D eigenvalue weighted by Gasteiger charge is 2.24. The van der Waals surface area contributed by atoms with Crippen LogP contribution in [-0.4, -0.2) is 4.89 Å². The minimum absolute atomic E-state index is 0.210. The van der Waals surface area contributed by atoms with E-state index < -0.39 is 7.60 Å². The van der Waals surface area contributed by atoms with E-state index >= 15 is 0 Å². The van der Waals surface area contributed by atoms with Crippen molar-refractivity contribution in [3.63, 3.8) is 0 Å². The molecule has 0 amide bonds. The molecule has 0 heterocycles. The van der Waals surface area contributed by atoms with Crippen LogP contribution in [0.25, 0.3) is 0 Å². The topological polar surface area (TPSA) is 72.5 Å². The quantitative estimate of drug-likeness (QED) is 0.645. The summed E-state index contributed by atoms with van der Waals surface area (Å²) in [5.74, 6) is 0.210. The Labute approximate surface area is 99.2 Å². The Balaban J connectivity index is 2.30. The van der Waals surface area contributed by atoms with Crippen molar-refractivity contribution in [1.29, 1.82) is 0 Å². The van der Waals surface area contributed by atoms with Crippen molar-refractivity contribution in [2.75, 3.05) is 5.73 Å². The van der Waals surface area contributed by atoms with Gasteiger partial charge >= 0.3 is 7.60 Å². The van der Waals surface area contributed by atoms with Gasteiger partial charge in [-0.2, -0.15) is 0 Å². The summed E-state index contributed by atoms with van der Waals surface area (Å²) in [6.45, 7) is 0. The zero-order valence-electron chi connectivity index (χ0n) is 8.98. The Kier molecular flexibility index (Phi) is 3.18. The molecule has 3 N–H and O–H groups in total. The maximum Gasteiger partial charge on any atom is 0.408 e. The van der Waals surface area contributed by atoms with E-state index in [4.69, 9.17) is 10.3 Å². The van der Waals surface area contributed by atoms with E-state index in [0.717, 1.165) is 0 Å². The smallest absolute Gasteiger partial charge is 0.408 e. The van der Waals surface area contributed by atoms with Crippen molar-refractivity contribution >= 4 is 18.6 Å². The van der Waals surface area contributed by atoms with E-state index in [-0.39, 0.29) is 11.1 Å². The van der Waals surface area contributed by atoms with Gasteiger partial charge in [0.25, 0.3) is 0 Å². The molecule has 0 saturated carbocycles. The van der Waals surface area contributed by atoms with E-state index in [2.05, 4.69) is 0 Å². The van der Waals surface area contributed by atoms with Gasteiger partial charge in [-0.05, 0) is 24.3 Å². The largest absolute Gasteiger partial charge is 0.419 e. The minimum Gasteiger partial charge on any atom is -0.419 e. The summed E-state index contributed by atoms with van der Waals surface area (Å²) >= 11 is 0. The second-order valence-corrected chi connectivity index (χ2v) is 5.22. The third-order valence-electron chi connectivity index (χ3n) is 2.22. The molecule has 0 aliphatic carbocycles. The lowest BCUT2D eigenvalue weighted by molar-refractivity contribution is 0.394. The summed E-state index contributed by atoms with van der Waals surface area (Å²) in [5.41, 5.74) is 5.98. The van der Waals surface area contributed by atoms with Crippen molar-refractivity contribution in [2.24, 2.45) is 0 Å². The number of nitrogens with two attached hydrogens (primary N) is 1. The Hall–Kier alpha value is -1.77. The lowest BCUT2D eigenvalue weighted by Crippen LogP contribution is -2.09. The molecule has 88 valence electrons. The van der Waals surface area contributed by atoms with Crippen molar-refractivity contribution < 1.29 is 14.0 Å². The lowest BCUT2D eigenvalue weighted by atomic mass is 10.3. The maximum atomic E-state index is 12.0. The van der Waals surface area contributed by atoms with Crippen LogP contribution in [0.15, 0.2) is 54.6 Å². The van der Waals surface area contributed by atoms with Gasteiger partial charge in [0.15, 0.2) is 5.75 Å². The second kappa shape index (κ2) is 4.62. The first kappa shape index (κ1) is 11.7. The molecule has 0 aromatic heterocycles. The van der Waals surface area contributed by atoms with E-state index in [1.807, 2.05) is 0 Å². The van der Waals surface area contributed by atoms with Crippen LogP contribution in [0, 0.1) is 0 Å². The Morgan fingerprint density at radius 1 is 1.00 bits per heavy atom. The van der Waals surface area contributed by atoms with Crippen molar-refractivity contribution in [3.05, 3.63) is 54.6 Å². The molecule has 0 aliphatic rings. The highest BCUT2D eigenvalue weighted by molar-refractivity contribution is 7.61. The van der Waals surface area contributed by atoms with Crippen molar-refractivity contribution in [2.45, 2.75) is 0 Å². The second-order valence-electron chi connectivity index (χ2n) is 3.49. The molecule has 1 atom stereocenters. The highest BCUT2D eigenvalue weighted by Crippen LogP contribution is 2.43. The predicted octanol–water partition coefficient (Wildman–Crippen LogP) is 2.16. The normalized spacial score (nSPS) is 13.9. The van der Waals surface area contributed by atoms with Gasteiger partial charge in [0.2, 0.25) is 0 Å². The molecule has 0 fully saturated rings. The van der Waals surface area contributed by atoms with E-state index in [0.29, 0.717) is 5.69 Å². The summed E-state index contributed by atoms with van der Waals surface area (Å²) in [4.78, 5) is 9.84. The number of hydrogen-bond donors (Lipinski definition) is 2. The molecular formula is C12H12NO3P. The summed E-state index contributed by atoms with van der Waals surface area (Å²) in [5, 5.41) is 0.239. The van der Waals surface area contributed by atoms with Crippen LogP contribution < -0.4 is 15.6 Å². The van der Waals surface area contributed by atoms with Gasteiger partial charge < -0.3 is 15.2 Å². The monoisotopic (exact) mass is 249 g/mol. The number of para-hydroxylation sites is 2. The van der Waals surface area contributed by atoms with E-state index in [1.165, 1.54) is 0 Å².